The summed E-state index contributed by atoms with van der Waals surface area (Å²) in [5.74, 6) is 0.539. The Hall–Kier alpha value is -2.16. The van der Waals surface area contributed by atoms with Gasteiger partial charge in [-0.25, -0.2) is 0 Å². The van der Waals surface area contributed by atoms with E-state index in [2.05, 4.69) is 11.9 Å². The second-order valence-electron chi connectivity index (χ2n) is 4.83. The number of hydrogen-bond acceptors (Lipinski definition) is 3. The molecule has 0 spiro atoms. The van der Waals surface area contributed by atoms with Crippen LogP contribution in [0, 0.1) is 6.92 Å². The highest BCUT2D eigenvalue weighted by Crippen LogP contribution is 2.23. The molecule has 1 aromatic heterocycles. The van der Waals surface area contributed by atoms with Crippen LogP contribution < -0.4 is 4.74 Å². The number of para-hydroxylation sites is 1. The van der Waals surface area contributed by atoms with Gasteiger partial charge in [-0.3, -0.25) is 9.78 Å². The van der Waals surface area contributed by atoms with Gasteiger partial charge in [-0.2, -0.15) is 0 Å². The standard InChI is InChI=1S/C17H19NO2/c1-3-14(15-10-9-13(2)18-12-15)11-17(19)20-16-7-5-4-6-8-16/h4-10,12,14H,3,11H2,1-2H3/t14-/m0/s1. The van der Waals surface area contributed by atoms with E-state index in [-0.39, 0.29) is 11.9 Å². The summed E-state index contributed by atoms with van der Waals surface area (Å²) >= 11 is 0. The quantitative estimate of drug-likeness (QED) is 0.611. The number of aryl methyl sites for hydroxylation is 1. The number of nitrogens with zero attached hydrogens (tertiary/aromatic N) is 1. The van der Waals surface area contributed by atoms with E-state index in [0.717, 1.165) is 17.7 Å². The third-order valence-electron chi connectivity index (χ3n) is 3.29. The minimum atomic E-state index is -0.205. The van der Waals surface area contributed by atoms with E-state index in [1.54, 1.807) is 12.1 Å². The van der Waals surface area contributed by atoms with Crippen LogP contribution in [0.25, 0.3) is 0 Å². The Morgan fingerprint density at radius 2 is 1.95 bits per heavy atom. The molecule has 1 heterocycles. The molecule has 0 aliphatic heterocycles. The molecule has 0 fully saturated rings. The van der Waals surface area contributed by atoms with Gasteiger partial charge < -0.3 is 4.74 Å². The molecule has 1 atom stereocenters. The van der Waals surface area contributed by atoms with Gasteiger partial charge in [0.1, 0.15) is 5.75 Å². The van der Waals surface area contributed by atoms with Crippen molar-refractivity contribution in [1.29, 1.82) is 0 Å². The maximum Gasteiger partial charge on any atom is 0.311 e. The Bertz CT molecular complexity index is 549. The van der Waals surface area contributed by atoms with E-state index in [1.165, 1.54) is 0 Å². The number of benzene rings is 1. The largest absolute Gasteiger partial charge is 0.427 e. The molecule has 0 bridgehead atoms. The van der Waals surface area contributed by atoms with E-state index in [1.807, 2.05) is 43.5 Å². The third kappa shape index (κ3) is 3.92. The van der Waals surface area contributed by atoms with E-state index >= 15 is 0 Å². The molecule has 0 amide bonds. The zero-order valence-electron chi connectivity index (χ0n) is 11.9. The minimum Gasteiger partial charge on any atom is -0.427 e. The molecule has 0 unspecified atom stereocenters. The Balaban J connectivity index is 1.99. The fraction of sp³-hybridized carbons (Fsp3) is 0.294. The molecule has 0 aliphatic rings. The van der Waals surface area contributed by atoms with Gasteiger partial charge in [-0.05, 0) is 43.0 Å². The molecular formula is C17H19NO2. The first-order valence-electron chi connectivity index (χ1n) is 6.87. The van der Waals surface area contributed by atoms with Crippen molar-refractivity contribution < 1.29 is 9.53 Å². The van der Waals surface area contributed by atoms with Gasteiger partial charge in [-0.1, -0.05) is 31.2 Å². The van der Waals surface area contributed by atoms with Crippen LogP contribution in [0.5, 0.6) is 5.75 Å². The van der Waals surface area contributed by atoms with Crippen molar-refractivity contribution in [3.8, 4) is 5.75 Å². The molecule has 20 heavy (non-hydrogen) atoms. The SMILES string of the molecule is CC[C@@H](CC(=O)Oc1ccccc1)c1ccc(C)nc1. The molecule has 3 nitrogen and oxygen atoms in total. The lowest BCUT2D eigenvalue weighted by atomic mass is 9.94. The fourth-order valence-electron chi connectivity index (χ4n) is 2.08. The maximum atomic E-state index is 12.0. The maximum absolute atomic E-state index is 12.0. The van der Waals surface area contributed by atoms with Crippen molar-refractivity contribution in [2.45, 2.75) is 32.6 Å². The normalized spacial score (nSPS) is 11.9. The second-order valence-corrected chi connectivity index (χ2v) is 4.83. The van der Waals surface area contributed by atoms with Crippen LogP contribution in [-0.2, 0) is 4.79 Å². The van der Waals surface area contributed by atoms with Crippen LogP contribution in [0.15, 0.2) is 48.7 Å². The van der Waals surface area contributed by atoms with Crippen molar-refractivity contribution in [2.24, 2.45) is 0 Å². The molecule has 0 saturated carbocycles. The second kappa shape index (κ2) is 6.85. The molecule has 2 aromatic rings. The summed E-state index contributed by atoms with van der Waals surface area (Å²) in [5, 5.41) is 0. The molecule has 3 heteroatoms. The van der Waals surface area contributed by atoms with Gasteiger partial charge >= 0.3 is 5.97 Å². The highest BCUT2D eigenvalue weighted by Gasteiger charge is 2.16. The molecule has 104 valence electrons. The van der Waals surface area contributed by atoms with Gasteiger partial charge in [0, 0.05) is 11.9 Å². The summed E-state index contributed by atoms with van der Waals surface area (Å²) in [6.45, 7) is 4.02. The summed E-state index contributed by atoms with van der Waals surface area (Å²) in [4.78, 5) is 16.3. The average Bonchev–Trinajstić information content (AvgIpc) is 2.47. The fourth-order valence-corrected chi connectivity index (χ4v) is 2.08. The van der Waals surface area contributed by atoms with Crippen LogP contribution in [0.1, 0.15) is 36.9 Å². The number of pyridine rings is 1. The number of esters is 1. The molecule has 0 aliphatic carbocycles. The molecule has 2 rings (SSSR count). The van der Waals surface area contributed by atoms with Crippen molar-refractivity contribution >= 4 is 5.97 Å². The van der Waals surface area contributed by atoms with Gasteiger partial charge in [-0.15, -0.1) is 0 Å². The van der Waals surface area contributed by atoms with Crippen molar-refractivity contribution in [2.75, 3.05) is 0 Å². The topological polar surface area (TPSA) is 39.2 Å². The van der Waals surface area contributed by atoms with Gasteiger partial charge in [0.2, 0.25) is 0 Å². The first-order chi connectivity index (χ1) is 9.69. The van der Waals surface area contributed by atoms with Crippen LogP contribution in [0.2, 0.25) is 0 Å². The summed E-state index contributed by atoms with van der Waals surface area (Å²) in [5.41, 5.74) is 2.07. The highest BCUT2D eigenvalue weighted by atomic mass is 16.5. The molecule has 0 radical (unpaired) electrons. The van der Waals surface area contributed by atoms with Crippen molar-refractivity contribution in [1.82, 2.24) is 4.98 Å². The lowest BCUT2D eigenvalue weighted by Gasteiger charge is -2.14. The summed E-state index contributed by atoms with van der Waals surface area (Å²) in [6.07, 6.45) is 3.10. The zero-order valence-corrected chi connectivity index (χ0v) is 11.9. The lowest BCUT2D eigenvalue weighted by Crippen LogP contribution is -2.13. The third-order valence-corrected chi connectivity index (χ3v) is 3.29. The average molecular weight is 269 g/mol. The van der Waals surface area contributed by atoms with Gasteiger partial charge in [0.25, 0.3) is 0 Å². The molecule has 1 aromatic carbocycles. The molecule has 0 N–H and O–H groups in total. The first-order valence-corrected chi connectivity index (χ1v) is 6.87. The van der Waals surface area contributed by atoms with Crippen molar-refractivity contribution in [3.63, 3.8) is 0 Å². The van der Waals surface area contributed by atoms with E-state index < -0.39 is 0 Å². The summed E-state index contributed by atoms with van der Waals surface area (Å²) in [7, 11) is 0. The van der Waals surface area contributed by atoms with Crippen LogP contribution in [-0.4, -0.2) is 11.0 Å². The van der Waals surface area contributed by atoms with Crippen LogP contribution >= 0.6 is 0 Å². The number of carbonyl (C=O) groups excluding carboxylic acids is 1. The Kier molecular flexibility index (Phi) is 4.88. The Morgan fingerprint density at radius 3 is 2.55 bits per heavy atom. The highest BCUT2D eigenvalue weighted by molar-refractivity contribution is 5.73. The smallest absolute Gasteiger partial charge is 0.311 e. The van der Waals surface area contributed by atoms with Gasteiger partial charge in [0.15, 0.2) is 0 Å². The van der Waals surface area contributed by atoms with Crippen LogP contribution in [0.3, 0.4) is 0 Å². The molecule has 0 saturated heterocycles. The monoisotopic (exact) mass is 269 g/mol. The first kappa shape index (κ1) is 14.3. The lowest BCUT2D eigenvalue weighted by molar-refractivity contribution is -0.134. The number of rotatable bonds is 5. The van der Waals surface area contributed by atoms with E-state index in [9.17, 15) is 4.79 Å². The van der Waals surface area contributed by atoms with Gasteiger partial charge in [0.05, 0.1) is 6.42 Å². The molecular weight excluding hydrogens is 250 g/mol. The number of aromatic nitrogens is 1. The predicted molar refractivity (Wildman–Crippen MR) is 78.7 cm³/mol. The predicted octanol–water partition coefficient (Wildman–Crippen LogP) is 3.88. The number of ether oxygens (including phenoxy) is 1. The Labute approximate surface area is 119 Å². The number of carbonyl (C=O) groups is 1. The van der Waals surface area contributed by atoms with Crippen LogP contribution in [0.4, 0.5) is 0 Å². The summed E-state index contributed by atoms with van der Waals surface area (Å²) in [6, 6.07) is 13.2. The summed E-state index contributed by atoms with van der Waals surface area (Å²) < 4.78 is 5.33. The van der Waals surface area contributed by atoms with E-state index in [4.69, 9.17) is 4.74 Å². The minimum absolute atomic E-state index is 0.152. The number of hydrogen-bond donors (Lipinski definition) is 0. The Morgan fingerprint density at radius 1 is 1.20 bits per heavy atom. The zero-order chi connectivity index (χ0) is 14.4. The van der Waals surface area contributed by atoms with E-state index in [0.29, 0.717) is 12.2 Å². The van der Waals surface area contributed by atoms with Crippen molar-refractivity contribution in [3.05, 3.63) is 59.9 Å².